The first kappa shape index (κ1) is 48.2. The number of rotatable bonds is 14. The Morgan fingerprint density at radius 3 is 1.17 bits per heavy atom. The van der Waals surface area contributed by atoms with Crippen LogP contribution in [0.5, 0.6) is 0 Å². The van der Waals surface area contributed by atoms with E-state index in [0.29, 0.717) is 0 Å². The number of nitrogens with zero attached hydrogens (tertiary/aromatic N) is 2. The number of H-pyrrole nitrogens is 2. The van der Waals surface area contributed by atoms with Crippen molar-refractivity contribution in [1.82, 2.24) is 9.97 Å². The minimum absolute atomic E-state index is 0.952. The van der Waals surface area contributed by atoms with Crippen LogP contribution in [0.4, 0.5) is 0 Å². The predicted octanol–water partition coefficient (Wildman–Crippen LogP) is 14.5. The zero-order valence-electron chi connectivity index (χ0n) is 40.4. The van der Waals surface area contributed by atoms with Crippen molar-refractivity contribution in [1.29, 1.82) is 0 Å². The molecule has 0 bridgehead atoms. The molecule has 0 aliphatic carbocycles. The standard InChI is InChI=1S/C54H74N4Si2/c1-17-19-21-23-25-31-49(53-39(5)47(43(9)57-53)33-35-59(11,12)13)51-37(3)45(41(7)55-51)29-27-28-30-46-38(4)52(56-42(46)8)50(32-26-24-22-20-18-2)54-40(6)48(44(10)58-54)34-36-60(14,15)16/h57-58H,17-26,31-32H2,1-16H3/b51-49-,52-50-. The minimum Gasteiger partial charge on any atom is -0.358 e. The fraction of sp³-hybridized carbons (Fsp3) is 0.519. The van der Waals surface area contributed by atoms with Gasteiger partial charge in [-0.2, -0.15) is 0 Å². The first-order chi connectivity index (χ1) is 28.3. The third-order valence-corrected chi connectivity index (χ3v) is 13.2. The number of hydrogen-bond acceptors (Lipinski definition) is 2. The van der Waals surface area contributed by atoms with Gasteiger partial charge in [-0.1, -0.05) is 128 Å². The van der Waals surface area contributed by atoms with Gasteiger partial charge in [0.15, 0.2) is 0 Å². The molecule has 0 saturated carbocycles. The van der Waals surface area contributed by atoms with E-state index in [2.05, 4.69) is 165 Å². The molecule has 0 saturated heterocycles. The number of aromatic amines is 2. The Morgan fingerprint density at radius 1 is 0.483 bits per heavy atom. The van der Waals surface area contributed by atoms with Crippen molar-refractivity contribution < 1.29 is 0 Å². The van der Waals surface area contributed by atoms with Gasteiger partial charge in [-0.05, 0) is 115 Å². The lowest BCUT2D eigenvalue weighted by atomic mass is 9.95. The molecule has 2 aliphatic heterocycles. The molecule has 4 rings (SSSR count). The monoisotopic (exact) mass is 835 g/mol. The van der Waals surface area contributed by atoms with Crippen molar-refractivity contribution in [3.63, 3.8) is 0 Å². The molecule has 2 aliphatic rings. The number of aliphatic imine (C=N–C) groups is 2. The third kappa shape index (κ3) is 12.5. The topological polar surface area (TPSA) is 56.3 Å². The van der Waals surface area contributed by atoms with E-state index < -0.39 is 16.1 Å². The number of hydrogen-bond donors (Lipinski definition) is 2. The van der Waals surface area contributed by atoms with Crippen molar-refractivity contribution in [2.45, 2.75) is 186 Å². The third-order valence-electron chi connectivity index (χ3n) is 11.4. The van der Waals surface area contributed by atoms with Crippen LogP contribution in [-0.4, -0.2) is 37.5 Å². The van der Waals surface area contributed by atoms with Crippen molar-refractivity contribution >= 4 is 38.7 Å². The van der Waals surface area contributed by atoms with Crippen LogP contribution in [0.2, 0.25) is 39.3 Å². The molecule has 0 aromatic carbocycles. The summed E-state index contributed by atoms with van der Waals surface area (Å²) in [6.45, 7) is 35.6. The van der Waals surface area contributed by atoms with Gasteiger partial charge in [-0.15, -0.1) is 11.1 Å². The van der Waals surface area contributed by atoms with E-state index in [4.69, 9.17) is 9.98 Å². The van der Waals surface area contributed by atoms with Gasteiger partial charge in [-0.25, -0.2) is 0 Å². The van der Waals surface area contributed by atoms with Gasteiger partial charge in [0.25, 0.3) is 0 Å². The summed E-state index contributed by atoms with van der Waals surface area (Å²) in [6.07, 6.45) is 14.2. The lowest BCUT2D eigenvalue weighted by Crippen LogP contribution is -2.16. The number of unbranched alkanes of at least 4 members (excludes halogenated alkanes) is 8. The molecule has 0 fully saturated rings. The molecule has 2 N–H and O–H groups in total. The van der Waals surface area contributed by atoms with E-state index in [9.17, 15) is 0 Å². The average molecular weight is 835 g/mol. The molecular weight excluding hydrogens is 761 g/mol. The highest BCUT2D eigenvalue weighted by molar-refractivity contribution is 6.84. The van der Waals surface area contributed by atoms with Crippen LogP contribution in [-0.2, 0) is 0 Å². The zero-order valence-corrected chi connectivity index (χ0v) is 42.4. The van der Waals surface area contributed by atoms with Gasteiger partial charge in [0, 0.05) is 45.0 Å². The summed E-state index contributed by atoms with van der Waals surface area (Å²) in [5, 5.41) is 0. The smallest absolute Gasteiger partial charge is 0.129 e. The molecule has 4 nitrogen and oxygen atoms in total. The van der Waals surface area contributed by atoms with E-state index in [1.165, 1.54) is 85.0 Å². The fourth-order valence-electron chi connectivity index (χ4n) is 8.05. The summed E-state index contributed by atoms with van der Waals surface area (Å²) in [7, 11) is -3.05. The maximum atomic E-state index is 5.20. The molecule has 6 heteroatoms. The second kappa shape index (κ2) is 21.4. The Balaban J connectivity index is 1.76. The summed E-state index contributed by atoms with van der Waals surface area (Å²) in [5.41, 5.74) is 27.3. The summed E-state index contributed by atoms with van der Waals surface area (Å²) in [6, 6.07) is 0. The molecule has 0 atom stereocenters. The molecular formula is C54H74N4Si2. The van der Waals surface area contributed by atoms with Crippen LogP contribution in [0.25, 0.3) is 11.1 Å². The number of allylic oxidation sites excluding steroid dienone is 6. The molecule has 0 spiro atoms. The molecule has 0 unspecified atom stereocenters. The summed E-state index contributed by atoms with van der Waals surface area (Å²) >= 11 is 0. The second-order valence-electron chi connectivity index (χ2n) is 19.1. The van der Waals surface area contributed by atoms with Crippen molar-refractivity contribution in [2.75, 3.05) is 0 Å². The first-order valence-electron chi connectivity index (χ1n) is 22.8. The van der Waals surface area contributed by atoms with Gasteiger partial charge in [0.1, 0.15) is 16.1 Å². The molecule has 60 heavy (non-hydrogen) atoms. The van der Waals surface area contributed by atoms with Crippen LogP contribution in [0, 0.1) is 74.3 Å². The lowest BCUT2D eigenvalue weighted by Gasteiger charge is -2.12. The van der Waals surface area contributed by atoms with Crippen LogP contribution in [0.3, 0.4) is 0 Å². The van der Waals surface area contributed by atoms with Crippen molar-refractivity contribution in [3.05, 3.63) is 78.7 Å². The summed E-state index contributed by atoms with van der Waals surface area (Å²) in [5.74, 6) is 20.5. The maximum absolute atomic E-state index is 5.20. The highest BCUT2D eigenvalue weighted by Crippen LogP contribution is 2.39. The Labute approximate surface area is 367 Å². The van der Waals surface area contributed by atoms with Crippen LogP contribution in [0.15, 0.2) is 43.7 Å². The number of aryl methyl sites for hydroxylation is 2. The van der Waals surface area contributed by atoms with E-state index in [-0.39, 0.29) is 0 Å². The highest BCUT2D eigenvalue weighted by Gasteiger charge is 2.26. The van der Waals surface area contributed by atoms with Crippen molar-refractivity contribution in [3.8, 4) is 46.6 Å². The Kier molecular flexibility index (Phi) is 17.2. The zero-order chi connectivity index (χ0) is 44.4. The molecule has 0 radical (unpaired) electrons. The van der Waals surface area contributed by atoms with Gasteiger partial charge in [-0.3, -0.25) is 9.98 Å². The number of nitrogens with one attached hydrogen (secondary N) is 2. The molecule has 2 aromatic rings. The molecule has 0 amide bonds. The Morgan fingerprint density at radius 2 is 0.833 bits per heavy atom. The van der Waals surface area contributed by atoms with E-state index in [1.807, 2.05) is 0 Å². The van der Waals surface area contributed by atoms with Crippen molar-refractivity contribution in [2.24, 2.45) is 9.98 Å². The maximum Gasteiger partial charge on any atom is 0.129 e. The van der Waals surface area contributed by atoms with Gasteiger partial charge in [0.2, 0.25) is 0 Å². The first-order valence-corrected chi connectivity index (χ1v) is 29.8. The summed E-state index contributed by atoms with van der Waals surface area (Å²) in [4.78, 5) is 17.9. The SMILES string of the molecule is CCCCCCC/C(=C1/N=C(C)C(C#CC#CC2=C(C)/C(=C(\CCCCCCC)c3[nH]c(C)c(C#C[Si](C)(C)C)c3C)N=C2C)=C1C)c1[nH]c(C)c(C#C[Si](C)(C)C)c1C. The van der Waals surface area contributed by atoms with Crippen LogP contribution >= 0.6 is 0 Å². The predicted molar refractivity (Wildman–Crippen MR) is 269 cm³/mol. The second-order valence-corrected chi connectivity index (χ2v) is 28.6. The largest absolute Gasteiger partial charge is 0.358 e. The fourth-order valence-corrected chi connectivity index (χ4v) is 9.05. The van der Waals surface area contributed by atoms with Gasteiger partial charge in [0.05, 0.1) is 34.0 Å². The number of aromatic nitrogens is 2. The van der Waals surface area contributed by atoms with E-state index >= 15 is 0 Å². The average Bonchev–Trinajstić information content (AvgIpc) is 3.82. The van der Waals surface area contributed by atoms with Crippen LogP contribution in [0.1, 0.15) is 164 Å². The van der Waals surface area contributed by atoms with E-state index in [0.717, 1.165) is 93.3 Å². The lowest BCUT2D eigenvalue weighted by molar-refractivity contribution is 0.639. The normalized spacial score (nSPS) is 15.7. The Bertz CT molecular complexity index is 2230. The van der Waals surface area contributed by atoms with Crippen LogP contribution < -0.4 is 0 Å². The molecule has 2 aromatic heterocycles. The van der Waals surface area contributed by atoms with Gasteiger partial charge >= 0.3 is 0 Å². The quantitative estimate of drug-likeness (QED) is 0.108. The Hall–Kier alpha value is -4.47. The van der Waals surface area contributed by atoms with Gasteiger partial charge < -0.3 is 9.97 Å². The van der Waals surface area contributed by atoms with E-state index in [1.54, 1.807) is 0 Å². The summed E-state index contributed by atoms with van der Waals surface area (Å²) < 4.78 is 0. The minimum atomic E-state index is -1.53. The highest BCUT2D eigenvalue weighted by atomic mass is 28.3. The molecule has 318 valence electrons. The molecule has 4 heterocycles.